The van der Waals surface area contributed by atoms with Crippen LogP contribution >= 0.6 is 0 Å². The second-order valence-electron chi connectivity index (χ2n) is 5.53. The van der Waals surface area contributed by atoms with E-state index < -0.39 is 0 Å². The minimum absolute atomic E-state index is 0.291. The standard InChI is InChI=1S/C16H30N2O/c1-5-6-7-11-18(14(2)3)12-10-17-15(4)16-9-8-13-19-16/h8-9,13-15,17H,5-7,10-12H2,1-4H3. The zero-order chi connectivity index (χ0) is 14.1. The molecule has 3 heteroatoms. The minimum atomic E-state index is 0.291. The monoisotopic (exact) mass is 266 g/mol. The molecule has 0 saturated carbocycles. The number of hydrogen-bond donors (Lipinski definition) is 1. The second-order valence-corrected chi connectivity index (χ2v) is 5.53. The first-order valence-corrected chi connectivity index (χ1v) is 7.66. The molecule has 0 radical (unpaired) electrons. The van der Waals surface area contributed by atoms with E-state index in [1.807, 2.05) is 12.1 Å². The van der Waals surface area contributed by atoms with Gasteiger partial charge in [-0.05, 0) is 45.9 Å². The number of furan rings is 1. The van der Waals surface area contributed by atoms with Crippen molar-refractivity contribution in [3.63, 3.8) is 0 Å². The van der Waals surface area contributed by atoms with Crippen molar-refractivity contribution in [1.82, 2.24) is 10.2 Å². The quantitative estimate of drug-likeness (QED) is 0.652. The highest BCUT2D eigenvalue weighted by Crippen LogP contribution is 2.11. The lowest BCUT2D eigenvalue weighted by atomic mass is 10.2. The van der Waals surface area contributed by atoms with E-state index in [1.54, 1.807) is 6.26 Å². The second kappa shape index (κ2) is 9.16. The summed E-state index contributed by atoms with van der Waals surface area (Å²) in [5.41, 5.74) is 0. The molecule has 19 heavy (non-hydrogen) atoms. The van der Waals surface area contributed by atoms with Gasteiger partial charge in [-0.25, -0.2) is 0 Å². The number of nitrogens with zero attached hydrogens (tertiary/aromatic N) is 1. The highest BCUT2D eigenvalue weighted by Gasteiger charge is 2.11. The van der Waals surface area contributed by atoms with Gasteiger partial charge in [-0.1, -0.05) is 19.8 Å². The Kier molecular flexibility index (Phi) is 7.84. The Morgan fingerprint density at radius 2 is 2.00 bits per heavy atom. The Morgan fingerprint density at radius 1 is 1.21 bits per heavy atom. The van der Waals surface area contributed by atoms with Crippen LogP contribution in [0.3, 0.4) is 0 Å². The van der Waals surface area contributed by atoms with Crippen LogP contribution in [0.5, 0.6) is 0 Å². The van der Waals surface area contributed by atoms with Crippen LogP contribution in [0.15, 0.2) is 22.8 Å². The third-order valence-corrected chi connectivity index (χ3v) is 3.60. The summed E-state index contributed by atoms with van der Waals surface area (Å²) in [5.74, 6) is 1.02. The molecule has 1 aromatic heterocycles. The van der Waals surface area contributed by atoms with E-state index >= 15 is 0 Å². The Hall–Kier alpha value is -0.800. The molecule has 0 aromatic carbocycles. The molecular formula is C16H30N2O. The number of hydrogen-bond acceptors (Lipinski definition) is 3. The summed E-state index contributed by atoms with van der Waals surface area (Å²) in [6.07, 6.45) is 5.67. The zero-order valence-electron chi connectivity index (χ0n) is 13.0. The Morgan fingerprint density at radius 3 is 2.58 bits per heavy atom. The Labute approximate surface area is 118 Å². The summed E-state index contributed by atoms with van der Waals surface area (Å²) in [5, 5.41) is 3.53. The van der Waals surface area contributed by atoms with Crippen molar-refractivity contribution >= 4 is 0 Å². The third kappa shape index (κ3) is 6.26. The highest BCUT2D eigenvalue weighted by atomic mass is 16.3. The van der Waals surface area contributed by atoms with Gasteiger partial charge in [0.15, 0.2) is 0 Å². The number of nitrogens with one attached hydrogen (secondary N) is 1. The summed E-state index contributed by atoms with van der Waals surface area (Å²) >= 11 is 0. The van der Waals surface area contributed by atoms with E-state index in [2.05, 4.69) is 37.9 Å². The van der Waals surface area contributed by atoms with Crippen molar-refractivity contribution in [2.45, 2.75) is 59.0 Å². The van der Waals surface area contributed by atoms with Crippen molar-refractivity contribution in [3.05, 3.63) is 24.2 Å². The molecule has 1 unspecified atom stereocenters. The summed E-state index contributed by atoms with van der Waals surface area (Å²) in [6, 6.07) is 4.88. The predicted octanol–water partition coefficient (Wildman–Crippen LogP) is 3.83. The zero-order valence-corrected chi connectivity index (χ0v) is 13.0. The van der Waals surface area contributed by atoms with Crippen LogP contribution in [0, 0.1) is 0 Å². The maximum Gasteiger partial charge on any atom is 0.120 e. The van der Waals surface area contributed by atoms with Crippen molar-refractivity contribution in [2.24, 2.45) is 0 Å². The summed E-state index contributed by atoms with van der Waals surface area (Å²) < 4.78 is 5.40. The number of rotatable bonds is 10. The van der Waals surface area contributed by atoms with Crippen LogP contribution in [0.25, 0.3) is 0 Å². The van der Waals surface area contributed by atoms with Crippen LogP contribution < -0.4 is 5.32 Å². The van der Waals surface area contributed by atoms with Crippen LogP contribution in [0.2, 0.25) is 0 Å². The fourth-order valence-corrected chi connectivity index (χ4v) is 2.26. The molecule has 0 aliphatic rings. The normalized spacial score (nSPS) is 13.4. The fourth-order valence-electron chi connectivity index (χ4n) is 2.26. The highest BCUT2D eigenvalue weighted by molar-refractivity contribution is 5.02. The van der Waals surface area contributed by atoms with Gasteiger partial charge in [0.25, 0.3) is 0 Å². The average molecular weight is 266 g/mol. The maximum atomic E-state index is 5.40. The van der Waals surface area contributed by atoms with Gasteiger partial charge in [-0.3, -0.25) is 4.90 Å². The molecule has 0 amide bonds. The van der Waals surface area contributed by atoms with Crippen LogP contribution in [0.4, 0.5) is 0 Å². The number of unbranched alkanes of at least 4 members (excludes halogenated alkanes) is 2. The lowest BCUT2D eigenvalue weighted by molar-refractivity contribution is 0.214. The van der Waals surface area contributed by atoms with Crippen molar-refractivity contribution in [3.8, 4) is 0 Å². The molecule has 0 aliphatic carbocycles. The first-order chi connectivity index (χ1) is 9.15. The molecule has 0 fully saturated rings. The fraction of sp³-hybridized carbons (Fsp3) is 0.750. The third-order valence-electron chi connectivity index (χ3n) is 3.60. The molecule has 3 nitrogen and oxygen atoms in total. The molecule has 1 atom stereocenters. The summed E-state index contributed by atoms with van der Waals surface area (Å²) in [4.78, 5) is 2.55. The predicted molar refractivity (Wildman–Crippen MR) is 81.4 cm³/mol. The molecule has 0 bridgehead atoms. The molecule has 1 aromatic rings. The van der Waals surface area contributed by atoms with Gasteiger partial charge in [-0.2, -0.15) is 0 Å². The first-order valence-electron chi connectivity index (χ1n) is 7.66. The van der Waals surface area contributed by atoms with Crippen molar-refractivity contribution in [1.29, 1.82) is 0 Å². The lowest BCUT2D eigenvalue weighted by Gasteiger charge is -2.27. The first kappa shape index (κ1) is 16.3. The van der Waals surface area contributed by atoms with Crippen molar-refractivity contribution in [2.75, 3.05) is 19.6 Å². The van der Waals surface area contributed by atoms with E-state index in [1.165, 1.54) is 25.8 Å². The molecule has 0 aliphatic heterocycles. The van der Waals surface area contributed by atoms with Gasteiger partial charge in [-0.15, -0.1) is 0 Å². The maximum absolute atomic E-state index is 5.40. The van der Waals surface area contributed by atoms with E-state index in [-0.39, 0.29) is 0 Å². The van der Waals surface area contributed by atoms with Gasteiger partial charge in [0.2, 0.25) is 0 Å². The molecule has 0 saturated heterocycles. The van der Waals surface area contributed by atoms with Gasteiger partial charge < -0.3 is 9.73 Å². The largest absolute Gasteiger partial charge is 0.468 e. The van der Waals surface area contributed by atoms with E-state index in [0.29, 0.717) is 12.1 Å². The molecular weight excluding hydrogens is 236 g/mol. The SMILES string of the molecule is CCCCCN(CCNC(C)c1ccco1)C(C)C. The summed E-state index contributed by atoms with van der Waals surface area (Å²) in [7, 11) is 0. The topological polar surface area (TPSA) is 28.4 Å². The smallest absolute Gasteiger partial charge is 0.120 e. The van der Waals surface area contributed by atoms with Crippen LogP contribution in [-0.4, -0.2) is 30.6 Å². The molecule has 1 N–H and O–H groups in total. The minimum Gasteiger partial charge on any atom is -0.468 e. The molecule has 1 heterocycles. The molecule has 1 rings (SSSR count). The summed E-state index contributed by atoms with van der Waals surface area (Å²) in [6.45, 7) is 12.3. The lowest BCUT2D eigenvalue weighted by Crippen LogP contribution is -2.38. The van der Waals surface area contributed by atoms with Gasteiger partial charge in [0.05, 0.1) is 12.3 Å². The van der Waals surface area contributed by atoms with Gasteiger partial charge >= 0.3 is 0 Å². The van der Waals surface area contributed by atoms with E-state index in [0.717, 1.165) is 18.8 Å². The van der Waals surface area contributed by atoms with Crippen LogP contribution in [0.1, 0.15) is 58.8 Å². The Balaban J connectivity index is 2.24. The van der Waals surface area contributed by atoms with Crippen molar-refractivity contribution < 1.29 is 4.42 Å². The van der Waals surface area contributed by atoms with Crippen LogP contribution in [-0.2, 0) is 0 Å². The average Bonchev–Trinajstić information content (AvgIpc) is 2.90. The van der Waals surface area contributed by atoms with Gasteiger partial charge in [0, 0.05) is 19.1 Å². The van der Waals surface area contributed by atoms with E-state index in [9.17, 15) is 0 Å². The van der Waals surface area contributed by atoms with Gasteiger partial charge in [0.1, 0.15) is 5.76 Å². The molecule has 0 spiro atoms. The molecule has 110 valence electrons. The Bertz CT molecular complexity index is 309. The van der Waals surface area contributed by atoms with E-state index in [4.69, 9.17) is 4.42 Å².